The molecule has 1 amide bonds. The third kappa shape index (κ3) is 6.84. The van der Waals surface area contributed by atoms with E-state index in [-0.39, 0.29) is 24.1 Å². The van der Waals surface area contributed by atoms with Crippen molar-refractivity contribution in [3.8, 4) is 0 Å². The zero-order chi connectivity index (χ0) is 19.8. The lowest BCUT2D eigenvalue weighted by molar-refractivity contribution is -0.139. The maximum Gasteiger partial charge on any atom is 0.316 e. The Morgan fingerprint density at radius 3 is 2.44 bits per heavy atom. The van der Waals surface area contributed by atoms with E-state index in [0.717, 1.165) is 14.9 Å². The van der Waals surface area contributed by atoms with Crippen LogP contribution in [0.5, 0.6) is 0 Å². The fourth-order valence-electron chi connectivity index (χ4n) is 2.17. The minimum Gasteiger partial charge on any atom is -0.457 e. The van der Waals surface area contributed by atoms with Crippen LogP contribution in [0.1, 0.15) is 29.3 Å². The molecule has 0 aliphatic heterocycles. The molecule has 0 spiro atoms. The predicted molar refractivity (Wildman–Crippen MR) is 110 cm³/mol. The Kier molecular flexibility index (Phi) is 8.06. The van der Waals surface area contributed by atoms with Gasteiger partial charge in [0.05, 0.1) is 5.75 Å². The van der Waals surface area contributed by atoms with Crippen molar-refractivity contribution < 1.29 is 19.1 Å². The Balaban J connectivity index is 1.80. The van der Waals surface area contributed by atoms with Crippen LogP contribution in [0.2, 0.25) is 0 Å². The van der Waals surface area contributed by atoms with E-state index >= 15 is 0 Å². The highest BCUT2D eigenvalue weighted by molar-refractivity contribution is 9.10. The van der Waals surface area contributed by atoms with Crippen LogP contribution in [0, 0.1) is 6.92 Å². The zero-order valence-corrected chi connectivity index (χ0v) is 17.5. The lowest BCUT2D eigenvalue weighted by Crippen LogP contribution is -2.15. The molecule has 0 saturated carbocycles. The first-order chi connectivity index (χ1) is 12.9. The number of ketones is 1. The smallest absolute Gasteiger partial charge is 0.316 e. The van der Waals surface area contributed by atoms with Gasteiger partial charge in [0.1, 0.15) is 0 Å². The fourth-order valence-corrected chi connectivity index (χ4v) is 3.45. The van der Waals surface area contributed by atoms with Crippen molar-refractivity contribution in [1.29, 1.82) is 0 Å². The van der Waals surface area contributed by atoms with E-state index in [1.807, 2.05) is 25.1 Å². The summed E-state index contributed by atoms with van der Waals surface area (Å²) < 4.78 is 6.05. The molecule has 27 heavy (non-hydrogen) atoms. The third-order valence-electron chi connectivity index (χ3n) is 3.66. The third-order valence-corrected chi connectivity index (χ3v) is 5.30. The summed E-state index contributed by atoms with van der Waals surface area (Å²) in [6, 6.07) is 12.3. The molecule has 0 radical (unpaired) electrons. The average Bonchev–Trinajstić information content (AvgIpc) is 2.65. The van der Waals surface area contributed by atoms with Crippen LogP contribution in [-0.4, -0.2) is 30.0 Å². The van der Waals surface area contributed by atoms with Crippen LogP contribution >= 0.6 is 27.7 Å². The molecule has 2 aromatic rings. The average molecular weight is 450 g/mol. The second kappa shape index (κ2) is 10.3. The molecular weight excluding hydrogens is 430 g/mol. The van der Waals surface area contributed by atoms with Gasteiger partial charge in [0.25, 0.3) is 0 Å². The number of carbonyl (C=O) groups is 3. The van der Waals surface area contributed by atoms with Crippen molar-refractivity contribution >= 4 is 51.0 Å². The van der Waals surface area contributed by atoms with Gasteiger partial charge in [0.15, 0.2) is 12.4 Å². The Morgan fingerprint density at radius 2 is 1.81 bits per heavy atom. The minimum atomic E-state index is -0.442. The molecule has 0 unspecified atom stereocenters. The summed E-state index contributed by atoms with van der Waals surface area (Å²) in [6.45, 7) is 3.42. The predicted octanol–water partition coefficient (Wildman–Crippen LogP) is 4.62. The molecule has 0 saturated heterocycles. The molecule has 7 heteroatoms. The van der Waals surface area contributed by atoms with E-state index in [9.17, 15) is 14.4 Å². The molecule has 0 atom stereocenters. The van der Waals surface area contributed by atoms with Gasteiger partial charge in [0.2, 0.25) is 5.91 Å². The van der Waals surface area contributed by atoms with Crippen LogP contribution in [0.25, 0.3) is 0 Å². The monoisotopic (exact) mass is 449 g/mol. The van der Waals surface area contributed by atoms with Crippen LogP contribution in [0.3, 0.4) is 0 Å². The molecule has 2 aromatic carbocycles. The second-order valence-electron chi connectivity index (χ2n) is 5.76. The molecule has 0 aliphatic rings. The number of esters is 1. The molecule has 0 bridgehead atoms. The summed E-state index contributed by atoms with van der Waals surface area (Å²) in [6.07, 6.45) is 0.383. The minimum absolute atomic E-state index is 0.0958. The quantitative estimate of drug-likeness (QED) is 0.361. The largest absolute Gasteiger partial charge is 0.457 e. The standard InChI is InChI=1S/C20H20BrNO4S/c1-3-19(24)22-16-7-4-14(5-8-16)17(23)11-26-20(25)12-27-18-9-6-15(21)10-13(18)2/h4-10H,3,11-12H2,1-2H3,(H,22,24). The van der Waals surface area contributed by atoms with Crippen molar-refractivity contribution in [2.24, 2.45) is 0 Å². The lowest BCUT2D eigenvalue weighted by Gasteiger charge is -2.07. The van der Waals surface area contributed by atoms with Crippen LogP contribution < -0.4 is 5.32 Å². The molecular formula is C20H20BrNO4S. The highest BCUT2D eigenvalue weighted by Crippen LogP contribution is 2.25. The number of benzene rings is 2. The van der Waals surface area contributed by atoms with Gasteiger partial charge in [-0.3, -0.25) is 14.4 Å². The van der Waals surface area contributed by atoms with Gasteiger partial charge >= 0.3 is 5.97 Å². The Hall–Kier alpha value is -2.12. The van der Waals surface area contributed by atoms with E-state index < -0.39 is 5.97 Å². The number of ether oxygens (including phenoxy) is 1. The number of carbonyl (C=O) groups excluding carboxylic acids is 3. The molecule has 0 heterocycles. The van der Waals surface area contributed by atoms with Gasteiger partial charge in [0, 0.05) is 27.0 Å². The van der Waals surface area contributed by atoms with Gasteiger partial charge in [-0.1, -0.05) is 22.9 Å². The fraction of sp³-hybridized carbons (Fsp3) is 0.250. The molecule has 142 valence electrons. The molecule has 0 aliphatic carbocycles. The number of thioether (sulfide) groups is 1. The summed E-state index contributed by atoms with van der Waals surface area (Å²) in [5.74, 6) is -0.692. The van der Waals surface area contributed by atoms with Gasteiger partial charge in [-0.05, 0) is 55.0 Å². The first-order valence-electron chi connectivity index (χ1n) is 8.36. The van der Waals surface area contributed by atoms with Gasteiger partial charge in [-0.15, -0.1) is 11.8 Å². The second-order valence-corrected chi connectivity index (χ2v) is 7.69. The summed E-state index contributed by atoms with van der Waals surface area (Å²) in [5.41, 5.74) is 2.11. The molecule has 1 N–H and O–H groups in total. The van der Waals surface area contributed by atoms with Crippen molar-refractivity contribution in [1.82, 2.24) is 0 Å². The topological polar surface area (TPSA) is 72.5 Å². The van der Waals surface area contributed by atoms with E-state index in [1.54, 1.807) is 31.2 Å². The molecule has 2 rings (SSSR count). The number of aryl methyl sites for hydroxylation is 1. The maximum absolute atomic E-state index is 12.1. The van der Waals surface area contributed by atoms with Crippen LogP contribution in [0.15, 0.2) is 51.8 Å². The number of hydrogen-bond acceptors (Lipinski definition) is 5. The van der Waals surface area contributed by atoms with Crippen LogP contribution in [0.4, 0.5) is 5.69 Å². The van der Waals surface area contributed by atoms with E-state index in [1.165, 1.54) is 11.8 Å². The molecule has 0 fully saturated rings. The highest BCUT2D eigenvalue weighted by Gasteiger charge is 2.11. The van der Waals surface area contributed by atoms with Gasteiger partial charge in [-0.2, -0.15) is 0 Å². The normalized spacial score (nSPS) is 10.3. The Labute approximate surface area is 171 Å². The van der Waals surface area contributed by atoms with Gasteiger partial charge in [-0.25, -0.2) is 0 Å². The zero-order valence-electron chi connectivity index (χ0n) is 15.1. The summed E-state index contributed by atoms with van der Waals surface area (Å²) in [5, 5.41) is 2.71. The Bertz CT molecular complexity index is 836. The number of Topliss-reactive ketones (excluding diaryl/α,β-unsaturated/α-hetero) is 1. The molecule has 5 nitrogen and oxygen atoms in total. The maximum atomic E-state index is 12.1. The molecule has 0 aromatic heterocycles. The van der Waals surface area contributed by atoms with Crippen molar-refractivity contribution in [3.63, 3.8) is 0 Å². The SMILES string of the molecule is CCC(=O)Nc1ccc(C(=O)COC(=O)CSc2ccc(Br)cc2C)cc1. The summed E-state index contributed by atoms with van der Waals surface area (Å²) >= 11 is 4.77. The first kappa shape index (κ1) is 21.2. The Morgan fingerprint density at radius 1 is 1.11 bits per heavy atom. The number of hydrogen-bond donors (Lipinski definition) is 1. The van der Waals surface area contributed by atoms with Crippen molar-refractivity contribution in [2.75, 3.05) is 17.7 Å². The summed E-state index contributed by atoms with van der Waals surface area (Å²) in [7, 11) is 0. The lowest BCUT2D eigenvalue weighted by atomic mass is 10.1. The van der Waals surface area contributed by atoms with E-state index in [4.69, 9.17) is 4.74 Å². The number of rotatable bonds is 8. The van der Waals surface area contributed by atoms with Gasteiger partial charge < -0.3 is 10.1 Å². The van der Waals surface area contributed by atoms with Crippen LogP contribution in [-0.2, 0) is 14.3 Å². The number of halogens is 1. The van der Waals surface area contributed by atoms with Crippen molar-refractivity contribution in [3.05, 3.63) is 58.1 Å². The summed E-state index contributed by atoms with van der Waals surface area (Å²) in [4.78, 5) is 36.3. The number of anilines is 1. The first-order valence-corrected chi connectivity index (χ1v) is 10.1. The highest BCUT2D eigenvalue weighted by atomic mass is 79.9. The van der Waals surface area contributed by atoms with E-state index in [0.29, 0.717) is 17.7 Å². The number of nitrogens with one attached hydrogen (secondary N) is 1. The van der Waals surface area contributed by atoms with Crippen molar-refractivity contribution in [2.45, 2.75) is 25.2 Å². The van der Waals surface area contributed by atoms with E-state index in [2.05, 4.69) is 21.2 Å². The number of amides is 1.